The lowest BCUT2D eigenvalue weighted by molar-refractivity contribution is 0.418. The van der Waals surface area contributed by atoms with Gasteiger partial charge in [-0.05, 0) is 47.0 Å². The van der Waals surface area contributed by atoms with Crippen LogP contribution in [0.4, 0.5) is 0 Å². The van der Waals surface area contributed by atoms with Gasteiger partial charge in [-0.25, -0.2) is 18.7 Å². The Morgan fingerprint density at radius 1 is 0.500 bits per heavy atom. The van der Waals surface area contributed by atoms with Crippen LogP contribution in [-0.4, -0.2) is 39.1 Å². The molecule has 0 aliphatic heterocycles. The molecule has 0 unspecified atom stereocenters. The summed E-state index contributed by atoms with van der Waals surface area (Å²) in [6, 6.07) is 24.6. The van der Waals surface area contributed by atoms with Crippen LogP contribution in [0.25, 0.3) is 11.1 Å². The second-order valence-corrected chi connectivity index (χ2v) is 7.90. The van der Waals surface area contributed by atoms with Crippen molar-refractivity contribution in [1.29, 1.82) is 0 Å². The molecule has 0 saturated carbocycles. The number of rotatable bonds is 7. The molecule has 0 aliphatic rings. The SMILES string of the molecule is c1cc(-c2ccccc2C(n2cccn2)n2cccn2)cc(C(n2cccn2)n2cccn2)c1. The normalized spacial score (nSPS) is 11.5. The third kappa shape index (κ3) is 3.61. The van der Waals surface area contributed by atoms with Crippen molar-refractivity contribution in [2.45, 2.75) is 12.3 Å². The molecule has 0 amide bonds. The van der Waals surface area contributed by atoms with E-state index in [1.807, 2.05) is 67.8 Å². The fraction of sp³-hybridized carbons (Fsp3) is 0.0769. The van der Waals surface area contributed by atoms with E-state index in [4.69, 9.17) is 0 Å². The fourth-order valence-electron chi connectivity index (χ4n) is 4.39. The third-order valence-corrected chi connectivity index (χ3v) is 5.84. The minimum Gasteiger partial charge on any atom is -0.244 e. The van der Waals surface area contributed by atoms with Gasteiger partial charge < -0.3 is 0 Å². The maximum Gasteiger partial charge on any atom is 0.169 e. The lowest BCUT2D eigenvalue weighted by atomic mass is 9.96. The summed E-state index contributed by atoms with van der Waals surface area (Å²) >= 11 is 0. The van der Waals surface area contributed by atoms with E-state index in [2.05, 4.69) is 68.9 Å². The number of benzene rings is 2. The molecule has 166 valence electrons. The Morgan fingerprint density at radius 3 is 1.56 bits per heavy atom. The predicted octanol–water partition coefficient (Wildman–Crippen LogP) is 4.33. The van der Waals surface area contributed by atoms with Gasteiger partial charge in [-0.2, -0.15) is 20.4 Å². The van der Waals surface area contributed by atoms with Gasteiger partial charge in [-0.15, -0.1) is 0 Å². The highest BCUT2D eigenvalue weighted by Gasteiger charge is 2.22. The zero-order valence-electron chi connectivity index (χ0n) is 18.3. The Balaban J connectivity index is 1.48. The highest BCUT2D eigenvalue weighted by Crippen LogP contribution is 2.33. The number of hydrogen-bond acceptors (Lipinski definition) is 4. The van der Waals surface area contributed by atoms with Crippen LogP contribution >= 0.6 is 0 Å². The average molecular weight is 447 g/mol. The molecular formula is C26H22N8. The van der Waals surface area contributed by atoms with E-state index in [-0.39, 0.29) is 12.3 Å². The molecule has 8 heteroatoms. The maximum atomic E-state index is 4.53. The Kier molecular flexibility index (Phi) is 5.08. The Hall–Kier alpha value is -4.72. The maximum absolute atomic E-state index is 4.53. The molecule has 0 aliphatic carbocycles. The molecular weight excluding hydrogens is 424 g/mol. The van der Waals surface area contributed by atoms with Crippen molar-refractivity contribution < 1.29 is 0 Å². The van der Waals surface area contributed by atoms with Crippen LogP contribution in [0.15, 0.2) is 122 Å². The zero-order chi connectivity index (χ0) is 22.7. The van der Waals surface area contributed by atoms with Gasteiger partial charge in [0.25, 0.3) is 0 Å². The standard InChI is InChI=1S/C26H22N8/c1-2-11-24(26(33-18-6-14-29-33)34-19-7-15-30-34)23(10-1)21-8-3-9-22(20-21)25(31-16-4-12-27-31)32-17-5-13-28-32/h1-20,25-26H. The molecule has 4 heterocycles. The molecule has 8 nitrogen and oxygen atoms in total. The number of hydrogen-bond donors (Lipinski definition) is 0. The molecule has 0 atom stereocenters. The number of aromatic nitrogens is 8. The zero-order valence-corrected chi connectivity index (χ0v) is 18.3. The van der Waals surface area contributed by atoms with Gasteiger partial charge in [-0.1, -0.05) is 42.5 Å². The molecule has 6 aromatic rings. The van der Waals surface area contributed by atoms with E-state index in [0.717, 1.165) is 22.3 Å². The molecule has 4 aromatic heterocycles. The molecule has 0 N–H and O–H groups in total. The second-order valence-electron chi connectivity index (χ2n) is 7.90. The van der Waals surface area contributed by atoms with Crippen LogP contribution in [0.2, 0.25) is 0 Å². The molecule has 34 heavy (non-hydrogen) atoms. The summed E-state index contributed by atoms with van der Waals surface area (Å²) in [5, 5.41) is 18.1. The summed E-state index contributed by atoms with van der Waals surface area (Å²) in [5.74, 6) is 0. The van der Waals surface area contributed by atoms with Crippen molar-refractivity contribution in [1.82, 2.24) is 39.1 Å². The van der Waals surface area contributed by atoms with Crippen LogP contribution in [0, 0.1) is 0 Å². The molecule has 0 saturated heterocycles. The van der Waals surface area contributed by atoms with Crippen molar-refractivity contribution in [3.8, 4) is 11.1 Å². The lowest BCUT2D eigenvalue weighted by Gasteiger charge is -2.23. The third-order valence-electron chi connectivity index (χ3n) is 5.84. The topological polar surface area (TPSA) is 71.3 Å². The Bertz CT molecular complexity index is 1380. The largest absolute Gasteiger partial charge is 0.244 e. The van der Waals surface area contributed by atoms with Crippen molar-refractivity contribution >= 4 is 0 Å². The minimum absolute atomic E-state index is 0.190. The summed E-state index contributed by atoms with van der Waals surface area (Å²) in [5.41, 5.74) is 4.39. The van der Waals surface area contributed by atoms with Crippen LogP contribution in [0.5, 0.6) is 0 Å². The van der Waals surface area contributed by atoms with Gasteiger partial charge in [-0.3, -0.25) is 0 Å². The van der Waals surface area contributed by atoms with Crippen molar-refractivity contribution in [3.05, 3.63) is 133 Å². The molecule has 6 rings (SSSR count). The monoisotopic (exact) mass is 446 g/mol. The quantitative estimate of drug-likeness (QED) is 0.366. The summed E-state index contributed by atoms with van der Waals surface area (Å²) in [4.78, 5) is 0. The van der Waals surface area contributed by atoms with E-state index in [0.29, 0.717) is 0 Å². The van der Waals surface area contributed by atoms with Gasteiger partial charge in [0, 0.05) is 55.1 Å². The first-order valence-electron chi connectivity index (χ1n) is 11.0. The minimum atomic E-state index is -0.210. The van der Waals surface area contributed by atoms with E-state index in [1.165, 1.54) is 0 Å². The first kappa shape index (κ1) is 19.9. The van der Waals surface area contributed by atoms with E-state index < -0.39 is 0 Å². The van der Waals surface area contributed by atoms with Gasteiger partial charge in [0.1, 0.15) is 0 Å². The molecule has 0 bridgehead atoms. The Morgan fingerprint density at radius 2 is 1.03 bits per heavy atom. The highest BCUT2D eigenvalue weighted by molar-refractivity contribution is 5.69. The first-order chi connectivity index (χ1) is 16.9. The molecule has 0 spiro atoms. The van der Waals surface area contributed by atoms with Crippen LogP contribution in [0.3, 0.4) is 0 Å². The van der Waals surface area contributed by atoms with E-state index >= 15 is 0 Å². The highest BCUT2D eigenvalue weighted by atomic mass is 15.4. The number of nitrogens with zero attached hydrogens (tertiary/aromatic N) is 8. The van der Waals surface area contributed by atoms with E-state index in [1.54, 1.807) is 24.8 Å². The van der Waals surface area contributed by atoms with Crippen molar-refractivity contribution in [2.24, 2.45) is 0 Å². The van der Waals surface area contributed by atoms with Gasteiger partial charge in [0.2, 0.25) is 0 Å². The molecule has 0 fully saturated rings. The van der Waals surface area contributed by atoms with Gasteiger partial charge >= 0.3 is 0 Å². The summed E-state index contributed by atoms with van der Waals surface area (Å²) < 4.78 is 7.67. The smallest absolute Gasteiger partial charge is 0.169 e. The van der Waals surface area contributed by atoms with Crippen molar-refractivity contribution in [3.63, 3.8) is 0 Å². The average Bonchev–Trinajstić information content (AvgIpc) is 3.70. The Labute approximate surface area is 196 Å². The summed E-state index contributed by atoms with van der Waals surface area (Å²) in [6.07, 6.45) is 14.6. The summed E-state index contributed by atoms with van der Waals surface area (Å²) in [6.45, 7) is 0. The first-order valence-corrected chi connectivity index (χ1v) is 11.0. The lowest BCUT2D eigenvalue weighted by Crippen LogP contribution is -2.21. The van der Waals surface area contributed by atoms with Crippen LogP contribution in [-0.2, 0) is 0 Å². The second kappa shape index (κ2) is 8.67. The van der Waals surface area contributed by atoms with Crippen molar-refractivity contribution in [2.75, 3.05) is 0 Å². The van der Waals surface area contributed by atoms with E-state index in [9.17, 15) is 0 Å². The van der Waals surface area contributed by atoms with Crippen LogP contribution < -0.4 is 0 Å². The molecule has 0 radical (unpaired) electrons. The fourth-order valence-corrected chi connectivity index (χ4v) is 4.39. The summed E-state index contributed by atoms with van der Waals surface area (Å²) in [7, 11) is 0. The van der Waals surface area contributed by atoms with Gasteiger partial charge in [0.05, 0.1) is 0 Å². The van der Waals surface area contributed by atoms with Crippen LogP contribution in [0.1, 0.15) is 23.5 Å². The van der Waals surface area contributed by atoms with Gasteiger partial charge in [0.15, 0.2) is 12.3 Å². The predicted molar refractivity (Wildman–Crippen MR) is 128 cm³/mol. The molecule has 2 aromatic carbocycles.